The van der Waals surface area contributed by atoms with E-state index < -0.39 is 0 Å². The predicted octanol–water partition coefficient (Wildman–Crippen LogP) is 3.46. The summed E-state index contributed by atoms with van der Waals surface area (Å²) in [7, 11) is 0. The molecule has 1 aromatic rings. The molecule has 0 saturated carbocycles. The van der Waals surface area contributed by atoms with Gasteiger partial charge in [0.1, 0.15) is 0 Å². The molecule has 17 heavy (non-hydrogen) atoms. The molecule has 1 aromatic heterocycles. The van der Waals surface area contributed by atoms with Gasteiger partial charge in [-0.2, -0.15) is 0 Å². The zero-order chi connectivity index (χ0) is 12.1. The smallest absolute Gasteiger partial charge is 0.227 e. The second-order valence-corrected chi connectivity index (χ2v) is 6.22. The maximum atomic E-state index is 12.1. The molecular formula is C13H18BrNOS. The number of hydrogen-bond donors (Lipinski definition) is 1. The second kappa shape index (κ2) is 6.55. The summed E-state index contributed by atoms with van der Waals surface area (Å²) in [6.07, 6.45) is 5.48. The van der Waals surface area contributed by atoms with E-state index in [0.29, 0.717) is 0 Å². The van der Waals surface area contributed by atoms with Crippen molar-refractivity contribution in [2.45, 2.75) is 38.0 Å². The van der Waals surface area contributed by atoms with Crippen LogP contribution >= 0.6 is 27.3 Å². The van der Waals surface area contributed by atoms with Crippen LogP contribution in [0, 0.1) is 0 Å². The van der Waals surface area contributed by atoms with E-state index in [1.807, 2.05) is 0 Å². The number of fused-ring (bicyclic) bond motifs is 1. The second-order valence-electron chi connectivity index (χ2n) is 4.43. The van der Waals surface area contributed by atoms with Crippen molar-refractivity contribution in [3.63, 3.8) is 0 Å². The summed E-state index contributed by atoms with van der Waals surface area (Å²) in [6, 6.07) is 2.13. The van der Waals surface area contributed by atoms with Gasteiger partial charge in [-0.3, -0.25) is 4.79 Å². The van der Waals surface area contributed by atoms with Crippen LogP contribution in [0.5, 0.6) is 0 Å². The number of thiophene rings is 1. The van der Waals surface area contributed by atoms with Crippen LogP contribution in [0.25, 0.3) is 0 Å². The first-order valence-corrected chi connectivity index (χ1v) is 8.23. The van der Waals surface area contributed by atoms with Crippen LogP contribution in [-0.4, -0.2) is 17.8 Å². The molecule has 1 atom stereocenters. The highest BCUT2D eigenvalue weighted by atomic mass is 79.9. The monoisotopic (exact) mass is 315 g/mol. The van der Waals surface area contributed by atoms with Gasteiger partial charge in [0, 0.05) is 16.8 Å². The summed E-state index contributed by atoms with van der Waals surface area (Å²) in [4.78, 5) is 13.5. The number of amides is 1. The van der Waals surface area contributed by atoms with E-state index in [2.05, 4.69) is 32.7 Å². The van der Waals surface area contributed by atoms with Gasteiger partial charge in [-0.1, -0.05) is 15.9 Å². The molecule has 2 rings (SSSR count). The fraction of sp³-hybridized carbons (Fsp3) is 0.615. The number of alkyl halides is 1. The third-order valence-corrected chi connectivity index (χ3v) is 4.79. The van der Waals surface area contributed by atoms with Gasteiger partial charge in [0.2, 0.25) is 5.91 Å². The normalized spacial score (nSPS) is 18.8. The third kappa shape index (κ3) is 3.32. The average Bonchev–Trinajstić information content (AvgIpc) is 2.82. The summed E-state index contributed by atoms with van der Waals surface area (Å²) < 4.78 is 0. The van der Waals surface area contributed by atoms with E-state index in [4.69, 9.17) is 0 Å². The quantitative estimate of drug-likeness (QED) is 0.654. The molecule has 0 bridgehead atoms. The topological polar surface area (TPSA) is 29.1 Å². The summed E-state index contributed by atoms with van der Waals surface area (Å²) in [5, 5.41) is 6.19. The fourth-order valence-corrected chi connectivity index (χ4v) is 3.70. The molecule has 1 amide bonds. The van der Waals surface area contributed by atoms with Crippen LogP contribution in [0.2, 0.25) is 0 Å². The molecule has 0 aliphatic heterocycles. The molecule has 1 N–H and O–H groups in total. The van der Waals surface area contributed by atoms with E-state index in [9.17, 15) is 4.79 Å². The SMILES string of the molecule is O=C(NCCCCBr)C1CCCc2sccc21. The van der Waals surface area contributed by atoms with Gasteiger partial charge >= 0.3 is 0 Å². The minimum absolute atomic E-state index is 0.106. The van der Waals surface area contributed by atoms with Crippen LogP contribution in [-0.2, 0) is 11.2 Å². The third-order valence-electron chi connectivity index (χ3n) is 3.23. The molecule has 1 unspecified atom stereocenters. The molecule has 0 radical (unpaired) electrons. The Morgan fingerprint density at radius 2 is 2.41 bits per heavy atom. The molecule has 1 aliphatic carbocycles. The molecule has 94 valence electrons. The number of aryl methyl sites for hydroxylation is 1. The molecule has 0 saturated heterocycles. The first kappa shape index (κ1) is 13.1. The lowest BCUT2D eigenvalue weighted by Crippen LogP contribution is -2.31. The van der Waals surface area contributed by atoms with E-state index in [0.717, 1.165) is 44.0 Å². The number of carbonyl (C=O) groups excluding carboxylic acids is 1. The molecule has 1 aliphatic rings. The Morgan fingerprint density at radius 3 is 3.24 bits per heavy atom. The summed E-state index contributed by atoms with van der Waals surface area (Å²) in [6.45, 7) is 0.806. The number of carbonyl (C=O) groups is 1. The van der Waals surface area contributed by atoms with Crippen LogP contribution in [0.3, 0.4) is 0 Å². The summed E-state index contributed by atoms with van der Waals surface area (Å²) in [5.41, 5.74) is 1.28. The standard InChI is InChI=1S/C13H18BrNOS/c14-7-1-2-8-15-13(16)11-4-3-5-12-10(11)6-9-17-12/h6,9,11H,1-5,7-8H2,(H,15,16). The van der Waals surface area contributed by atoms with Gasteiger partial charge in [-0.05, 0) is 49.1 Å². The lowest BCUT2D eigenvalue weighted by atomic mass is 9.87. The Kier molecular flexibility index (Phi) is 5.04. The number of hydrogen-bond acceptors (Lipinski definition) is 2. The first-order chi connectivity index (χ1) is 8.33. The molecule has 1 heterocycles. The highest BCUT2D eigenvalue weighted by Gasteiger charge is 2.26. The highest BCUT2D eigenvalue weighted by molar-refractivity contribution is 9.09. The number of unbranched alkanes of at least 4 members (excludes halogenated alkanes) is 1. The fourth-order valence-electron chi connectivity index (χ4n) is 2.31. The lowest BCUT2D eigenvalue weighted by molar-refractivity contribution is -0.122. The first-order valence-electron chi connectivity index (χ1n) is 6.23. The Bertz CT molecular complexity index is 377. The van der Waals surface area contributed by atoms with Crippen molar-refractivity contribution in [3.8, 4) is 0 Å². The molecule has 2 nitrogen and oxygen atoms in total. The van der Waals surface area contributed by atoms with Crippen molar-refractivity contribution in [1.29, 1.82) is 0 Å². The van der Waals surface area contributed by atoms with Gasteiger partial charge < -0.3 is 5.32 Å². The molecule has 0 fully saturated rings. The van der Waals surface area contributed by atoms with Gasteiger partial charge in [-0.15, -0.1) is 11.3 Å². The van der Waals surface area contributed by atoms with Crippen molar-refractivity contribution in [1.82, 2.24) is 5.32 Å². The van der Waals surface area contributed by atoms with Crippen molar-refractivity contribution >= 4 is 33.2 Å². The number of nitrogens with one attached hydrogen (secondary N) is 1. The Balaban J connectivity index is 1.89. The van der Waals surface area contributed by atoms with Gasteiger partial charge in [0.15, 0.2) is 0 Å². The molecule has 4 heteroatoms. The van der Waals surface area contributed by atoms with Crippen molar-refractivity contribution < 1.29 is 4.79 Å². The minimum Gasteiger partial charge on any atom is -0.356 e. The number of halogens is 1. The zero-order valence-corrected chi connectivity index (χ0v) is 12.3. The highest BCUT2D eigenvalue weighted by Crippen LogP contribution is 2.34. The van der Waals surface area contributed by atoms with E-state index >= 15 is 0 Å². The largest absolute Gasteiger partial charge is 0.356 e. The lowest BCUT2D eigenvalue weighted by Gasteiger charge is -2.21. The van der Waals surface area contributed by atoms with E-state index in [1.54, 1.807) is 11.3 Å². The summed E-state index contributed by atoms with van der Waals surface area (Å²) >= 11 is 5.19. The Hall–Kier alpha value is -0.350. The molecule has 0 aromatic carbocycles. The molecular weight excluding hydrogens is 298 g/mol. The predicted molar refractivity (Wildman–Crippen MR) is 76.0 cm³/mol. The maximum Gasteiger partial charge on any atom is 0.227 e. The zero-order valence-electron chi connectivity index (χ0n) is 9.88. The van der Waals surface area contributed by atoms with Crippen LogP contribution < -0.4 is 5.32 Å². The Morgan fingerprint density at radius 1 is 1.53 bits per heavy atom. The maximum absolute atomic E-state index is 12.1. The molecule has 0 spiro atoms. The van der Waals surface area contributed by atoms with Gasteiger partial charge in [0.05, 0.1) is 5.92 Å². The Labute approximate surface area is 115 Å². The average molecular weight is 316 g/mol. The van der Waals surface area contributed by atoms with Gasteiger partial charge in [0.25, 0.3) is 0 Å². The van der Waals surface area contributed by atoms with Gasteiger partial charge in [-0.25, -0.2) is 0 Å². The van der Waals surface area contributed by atoms with Crippen LogP contribution in [0.15, 0.2) is 11.4 Å². The van der Waals surface area contributed by atoms with E-state index in [1.165, 1.54) is 10.4 Å². The van der Waals surface area contributed by atoms with Crippen molar-refractivity contribution in [2.75, 3.05) is 11.9 Å². The van der Waals surface area contributed by atoms with Crippen LogP contribution in [0.1, 0.15) is 42.0 Å². The number of rotatable bonds is 5. The minimum atomic E-state index is 0.106. The van der Waals surface area contributed by atoms with Crippen molar-refractivity contribution in [2.24, 2.45) is 0 Å². The van der Waals surface area contributed by atoms with Crippen LogP contribution in [0.4, 0.5) is 0 Å². The van der Waals surface area contributed by atoms with E-state index in [-0.39, 0.29) is 11.8 Å². The summed E-state index contributed by atoms with van der Waals surface area (Å²) in [5.74, 6) is 0.327. The van der Waals surface area contributed by atoms with Crippen molar-refractivity contribution in [3.05, 3.63) is 21.9 Å².